The largest absolute Gasteiger partial charge is 0.419 e. The number of sulfonamides is 1. The van der Waals surface area contributed by atoms with E-state index >= 15 is 0 Å². The number of benzene rings is 2. The summed E-state index contributed by atoms with van der Waals surface area (Å²) in [6.45, 7) is -0.364. The Kier molecular flexibility index (Phi) is 6.09. The fraction of sp³-hybridized carbons (Fsp3) is 0.200. The number of anilines is 2. The Morgan fingerprint density at radius 2 is 1.79 bits per heavy atom. The number of hydrogen-bond acceptors (Lipinski definition) is 6. The molecule has 0 saturated carbocycles. The Balaban J connectivity index is 2.48. The summed E-state index contributed by atoms with van der Waals surface area (Å²) in [5.74, 6) is -1.65. The van der Waals surface area contributed by atoms with Crippen molar-refractivity contribution in [2.75, 3.05) is 23.2 Å². The lowest BCUT2D eigenvalue weighted by atomic mass is 10.2. The normalized spacial score (nSPS) is 11.9. The molecule has 13 heteroatoms. The van der Waals surface area contributed by atoms with Crippen LogP contribution in [0.3, 0.4) is 0 Å². The van der Waals surface area contributed by atoms with E-state index in [1.54, 1.807) is 0 Å². The smallest absolute Gasteiger partial charge is 0.395 e. The van der Waals surface area contributed by atoms with Gasteiger partial charge in [-0.1, -0.05) is 0 Å². The van der Waals surface area contributed by atoms with E-state index in [1.807, 2.05) is 4.72 Å². The van der Waals surface area contributed by atoms with Gasteiger partial charge in [0.25, 0.3) is 15.7 Å². The molecule has 2 aromatic rings. The molecule has 0 bridgehead atoms. The van der Waals surface area contributed by atoms with Gasteiger partial charge in [-0.15, -0.1) is 0 Å². The van der Waals surface area contributed by atoms with Crippen LogP contribution in [0.1, 0.15) is 5.56 Å². The third-order valence-corrected chi connectivity index (χ3v) is 4.80. The number of non-ortho nitro benzene ring substituents is 1. The van der Waals surface area contributed by atoms with E-state index < -0.39 is 43.1 Å². The lowest BCUT2D eigenvalue weighted by Gasteiger charge is -2.15. The molecule has 0 amide bonds. The maximum atomic E-state index is 13.4. The molecule has 2 aromatic carbocycles. The first-order valence-corrected chi connectivity index (χ1v) is 8.97. The summed E-state index contributed by atoms with van der Waals surface area (Å²) in [6.07, 6.45) is -5.12. The Morgan fingerprint density at radius 3 is 2.36 bits per heavy atom. The van der Waals surface area contributed by atoms with E-state index in [0.29, 0.717) is 12.1 Å². The van der Waals surface area contributed by atoms with Crippen LogP contribution in [0.25, 0.3) is 0 Å². The molecule has 0 aliphatic carbocycles. The van der Waals surface area contributed by atoms with Gasteiger partial charge >= 0.3 is 6.18 Å². The minimum Gasteiger partial charge on any atom is -0.395 e. The van der Waals surface area contributed by atoms with Gasteiger partial charge in [0.2, 0.25) is 0 Å². The molecule has 0 heterocycles. The maximum Gasteiger partial charge on any atom is 0.419 e. The molecular formula is C15H13F4N3O5S. The van der Waals surface area contributed by atoms with Crippen LogP contribution in [0.4, 0.5) is 34.6 Å². The van der Waals surface area contributed by atoms with Gasteiger partial charge in [-0.25, -0.2) is 12.8 Å². The lowest BCUT2D eigenvalue weighted by molar-refractivity contribution is -0.384. The number of alkyl halides is 3. The van der Waals surface area contributed by atoms with Crippen LogP contribution in [0.15, 0.2) is 41.3 Å². The quantitative estimate of drug-likeness (QED) is 0.358. The van der Waals surface area contributed by atoms with Gasteiger partial charge < -0.3 is 10.4 Å². The van der Waals surface area contributed by atoms with Crippen molar-refractivity contribution in [3.63, 3.8) is 0 Å². The minimum absolute atomic E-state index is 0.0265. The molecule has 0 spiro atoms. The fourth-order valence-corrected chi connectivity index (χ4v) is 3.26. The van der Waals surface area contributed by atoms with Crippen LogP contribution in [0.2, 0.25) is 0 Å². The number of aliphatic hydroxyl groups is 1. The summed E-state index contributed by atoms with van der Waals surface area (Å²) in [7, 11) is -4.64. The number of nitrogens with one attached hydrogen (secondary N) is 2. The number of aliphatic hydroxyl groups excluding tert-OH is 1. The highest BCUT2D eigenvalue weighted by molar-refractivity contribution is 7.92. The van der Waals surface area contributed by atoms with Crippen molar-refractivity contribution in [2.24, 2.45) is 0 Å². The molecule has 0 aliphatic rings. The molecule has 0 fully saturated rings. The zero-order chi connectivity index (χ0) is 21.1. The van der Waals surface area contributed by atoms with Crippen molar-refractivity contribution in [3.05, 3.63) is 57.9 Å². The van der Waals surface area contributed by atoms with Crippen molar-refractivity contribution in [1.82, 2.24) is 0 Å². The zero-order valence-electron chi connectivity index (χ0n) is 13.8. The van der Waals surface area contributed by atoms with Crippen molar-refractivity contribution < 1.29 is 36.0 Å². The second kappa shape index (κ2) is 7.98. The zero-order valence-corrected chi connectivity index (χ0v) is 14.6. The average Bonchev–Trinajstić information content (AvgIpc) is 2.59. The first-order valence-electron chi connectivity index (χ1n) is 7.48. The number of nitro groups is 1. The number of rotatable bonds is 7. The van der Waals surface area contributed by atoms with Crippen LogP contribution >= 0.6 is 0 Å². The van der Waals surface area contributed by atoms with Gasteiger partial charge in [0.15, 0.2) is 0 Å². The molecule has 152 valence electrons. The van der Waals surface area contributed by atoms with E-state index in [2.05, 4.69) is 5.32 Å². The first-order chi connectivity index (χ1) is 13.0. The summed E-state index contributed by atoms with van der Waals surface area (Å²) in [5.41, 5.74) is -2.54. The molecule has 0 radical (unpaired) electrons. The highest BCUT2D eigenvalue weighted by Crippen LogP contribution is 2.34. The van der Waals surface area contributed by atoms with Gasteiger partial charge in [-0.2, -0.15) is 13.2 Å². The monoisotopic (exact) mass is 423 g/mol. The maximum absolute atomic E-state index is 13.4. The summed E-state index contributed by atoms with van der Waals surface area (Å²) in [4.78, 5) is 9.22. The number of nitro benzene ring substituents is 1. The van der Waals surface area contributed by atoms with Crippen LogP contribution in [0, 0.1) is 15.9 Å². The van der Waals surface area contributed by atoms with Gasteiger partial charge in [0.05, 0.1) is 33.4 Å². The van der Waals surface area contributed by atoms with Crippen molar-refractivity contribution in [3.8, 4) is 0 Å². The topological polar surface area (TPSA) is 122 Å². The van der Waals surface area contributed by atoms with Crippen LogP contribution in [0.5, 0.6) is 0 Å². The Morgan fingerprint density at radius 1 is 1.11 bits per heavy atom. The van der Waals surface area contributed by atoms with Crippen LogP contribution in [-0.4, -0.2) is 31.6 Å². The van der Waals surface area contributed by atoms with Gasteiger partial charge in [0, 0.05) is 18.7 Å². The summed E-state index contributed by atoms with van der Waals surface area (Å²) in [6, 6.07) is 4.19. The fourth-order valence-electron chi connectivity index (χ4n) is 2.17. The number of nitrogens with zero attached hydrogens (tertiary/aromatic N) is 1. The van der Waals surface area contributed by atoms with Gasteiger partial charge in [0.1, 0.15) is 5.82 Å². The molecule has 0 saturated heterocycles. The highest BCUT2D eigenvalue weighted by Gasteiger charge is 2.35. The molecule has 0 aromatic heterocycles. The Bertz CT molecular complexity index is 996. The van der Waals surface area contributed by atoms with E-state index in [9.17, 15) is 36.1 Å². The standard InChI is InChI=1S/C15H13F4N3O5S/c16-12-3-2-10(8-11(12)15(17,18)19)28(26,27)21-14-7-9(22(24)25)1-4-13(14)20-5-6-23/h1-4,7-8,20-21,23H,5-6H2. The third-order valence-electron chi connectivity index (χ3n) is 3.44. The first kappa shape index (κ1) is 21.4. The second-order valence-corrected chi connectivity index (χ2v) is 7.06. The third kappa shape index (κ3) is 4.86. The van der Waals surface area contributed by atoms with E-state index in [4.69, 9.17) is 5.11 Å². The molecule has 2 rings (SSSR count). The molecule has 0 aliphatic heterocycles. The van der Waals surface area contributed by atoms with Gasteiger partial charge in [-0.05, 0) is 24.3 Å². The van der Waals surface area contributed by atoms with E-state index in [0.717, 1.165) is 18.2 Å². The molecular weight excluding hydrogens is 410 g/mol. The number of halogens is 4. The highest BCUT2D eigenvalue weighted by atomic mass is 32.2. The Hall–Kier alpha value is -2.93. The van der Waals surface area contributed by atoms with E-state index in [-0.39, 0.29) is 30.6 Å². The van der Waals surface area contributed by atoms with Crippen molar-refractivity contribution in [2.45, 2.75) is 11.1 Å². The SMILES string of the molecule is O=[N+]([O-])c1ccc(NCCO)c(NS(=O)(=O)c2ccc(F)c(C(F)(F)F)c2)c1. The van der Waals surface area contributed by atoms with E-state index in [1.165, 1.54) is 0 Å². The Labute approximate surface area is 156 Å². The molecule has 28 heavy (non-hydrogen) atoms. The molecule has 0 atom stereocenters. The van der Waals surface area contributed by atoms with Crippen molar-refractivity contribution in [1.29, 1.82) is 0 Å². The second-order valence-electron chi connectivity index (χ2n) is 5.38. The van der Waals surface area contributed by atoms with Crippen molar-refractivity contribution >= 4 is 27.1 Å². The average molecular weight is 423 g/mol. The summed E-state index contributed by atoms with van der Waals surface area (Å²) < 4.78 is 78.7. The summed E-state index contributed by atoms with van der Waals surface area (Å²) >= 11 is 0. The predicted octanol–water partition coefficient (Wildman–Crippen LogP) is 2.96. The molecule has 3 N–H and O–H groups in total. The van der Waals surface area contributed by atoms with Gasteiger partial charge in [-0.3, -0.25) is 14.8 Å². The predicted molar refractivity (Wildman–Crippen MR) is 90.9 cm³/mol. The molecule has 0 unspecified atom stereocenters. The molecule has 8 nitrogen and oxygen atoms in total. The minimum atomic E-state index is -5.12. The van der Waals surface area contributed by atoms with Crippen LogP contribution in [-0.2, 0) is 16.2 Å². The van der Waals surface area contributed by atoms with Crippen LogP contribution < -0.4 is 10.0 Å². The summed E-state index contributed by atoms with van der Waals surface area (Å²) in [5, 5.41) is 22.4. The lowest BCUT2D eigenvalue weighted by Crippen LogP contribution is -2.17. The number of hydrogen-bond donors (Lipinski definition) is 3.